The van der Waals surface area contributed by atoms with Crippen molar-refractivity contribution in [3.63, 3.8) is 0 Å². The third-order valence-corrected chi connectivity index (χ3v) is 8.41. The van der Waals surface area contributed by atoms with Crippen molar-refractivity contribution in [3.8, 4) is 0 Å². The molecule has 0 unspecified atom stereocenters. The molecule has 0 spiro atoms. The summed E-state index contributed by atoms with van der Waals surface area (Å²) in [5.74, 6) is 0. The third kappa shape index (κ3) is 2.90. The molecule has 188 valence electrons. The summed E-state index contributed by atoms with van der Waals surface area (Å²) in [6.07, 6.45) is 0. The SMILES string of the molecule is Clc1ccc(N(c2ccccc2)c2ccc3c(c2)c2cccc4c5cccc6oc7cccc(c7c65)n3c42)cc1. The van der Waals surface area contributed by atoms with Crippen LogP contribution in [0.15, 0.2) is 132 Å². The topological polar surface area (TPSA) is 20.8 Å². The van der Waals surface area contributed by atoms with E-state index in [1.54, 1.807) is 0 Å². The second kappa shape index (κ2) is 8.01. The molecule has 3 aromatic heterocycles. The number of furan rings is 1. The summed E-state index contributed by atoms with van der Waals surface area (Å²) in [5, 5.41) is 7.95. The fourth-order valence-electron chi connectivity index (χ4n) is 6.54. The molecule has 40 heavy (non-hydrogen) atoms. The molecule has 0 amide bonds. The van der Waals surface area contributed by atoms with Gasteiger partial charge < -0.3 is 13.7 Å². The molecule has 0 fully saturated rings. The molecule has 0 aliphatic heterocycles. The fourth-order valence-corrected chi connectivity index (χ4v) is 6.66. The smallest absolute Gasteiger partial charge is 0.137 e. The second-order valence-corrected chi connectivity index (χ2v) is 10.8. The first-order valence-corrected chi connectivity index (χ1v) is 13.8. The van der Waals surface area contributed by atoms with Crippen LogP contribution in [0.5, 0.6) is 0 Å². The maximum Gasteiger partial charge on any atom is 0.137 e. The maximum atomic E-state index is 6.34. The zero-order valence-electron chi connectivity index (χ0n) is 21.3. The molecule has 3 heterocycles. The van der Waals surface area contributed by atoms with E-state index in [0.29, 0.717) is 0 Å². The number of fused-ring (bicyclic) bond motifs is 5. The number of rotatable bonds is 3. The van der Waals surface area contributed by atoms with Crippen LogP contribution < -0.4 is 4.90 Å². The van der Waals surface area contributed by atoms with Crippen molar-refractivity contribution >= 4 is 88.7 Å². The Kier molecular flexibility index (Phi) is 4.38. The zero-order chi connectivity index (χ0) is 26.4. The predicted octanol–water partition coefficient (Wildman–Crippen LogP) is 10.9. The van der Waals surface area contributed by atoms with Crippen LogP contribution in [0.4, 0.5) is 17.1 Å². The van der Waals surface area contributed by atoms with E-state index in [0.717, 1.165) is 38.8 Å². The molecular weight excluding hydrogens is 512 g/mol. The first-order valence-electron chi connectivity index (χ1n) is 13.4. The summed E-state index contributed by atoms with van der Waals surface area (Å²) < 4.78 is 8.76. The Bertz CT molecular complexity index is 2380. The molecule has 0 aliphatic carbocycles. The Morgan fingerprint density at radius 2 is 1.15 bits per heavy atom. The highest BCUT2D eigenvalue weighted by atomic mass is 35.5. The van der Waals surface area contributed by atoms with E-state index >= 15 is 0 Å². The van der Waals surface area contributed by atoms with Gasteiger partial charge in [0, 0.05) is 43.6 Å². The molecule has 0 saturated carbocycles. The Morgan fingerprint density at radius 1 is 0.500 bits per heavy atom. The quantitative estimate of drug-likeness (QED) is 0.225. The lowest BCUT2D eigenvalue weighted by atomic mass is 10.0. The number of hydrogen-bond acceptors (Lipinski definition) is 2. The van der Waals surface area contributed by atoms with E-state index in [-0.39, 0.29) is 0 Å². The lowest BCUT2D eigenvalue weighted by molar-refractivity contribution is 0.669. The average Bonchev–Trinajstić information content (AvgIpc) is 3.50. The van der Waals surface area contributed by atoms with Gasteiger partial charge in [-0.2, -0.15) is 0 Å². The van der Waals surface area contributed by atoms with Gasteiger partial charge in [-0.3, -0.25) is 0 Å². The Balaban J connectivity index is 1.43. The minimum absolute atomic E-state index is 0.722. The van der Waals surface area contributed by atoms with Gasteiger partial charge in [0.25, 0.3) is 0 Å². The van der Waals surface area contributed by atoms with Crippen LogP contribution in [0, 0.1) is 0 Å². The summed E-state index contributed by atoms with van der Waals surface area (Å²) in [6, 6.07) is 44.7. The minimum atomic E-state index is 0.722. The van der Waals surface area contributed by atoms with Crippen molar-refractivity contribution < 1.29 is 4.42 Å². The number of halogens is 1. The molecule has 6 aromatic carbocycles. The molecule has 0 bridgehead atoms. The molecule has 3 nitrogen and oxygen atoms in total. The van der Waals surface area contributed by atoms with Gasteiger partial charge in [0.15, 0.2) is 0 Å². The van der Waals surface area contributed by atoms with Crippen LogP contribution in [0.25, 0.3) is 60.0 Å². The molecule has 0 atom stereocenters. The van der Waals surface area contributed by atoms with Gasteiger partial charge in [-0.1, -0.05) is 66.2 Å². The molecular formula is C36H21ClN2O. The Labute approximate surface area is 234 Å². The largest absolute Gasteiger partial charge is 0.456 e. The van der Waals surface area contributed by atoms with Crippen molar-refractivity contribution in [3.05, 3.63) is 132 Å². The lowest BCUT2D eigenvalue weighted by Crippen LogP contribution is -2.09. The number of hydrogen-bond donors (Lipinski definition) is 0. The molecule has 0 saturated heterocycles. The average molecular weight is 533 g/mol. The zero-order valence-corrected chi connectivity index (χ0v) is 22.1. The highest BCUT2D eigenvalue weighted by Crippen LogP contribution is 2.44. The van der Waals surface area contributed by atoms with Crippen LogP contribution in [-0.4, -0.2) is 4.40 Å². The number of nitrogens with zero attached hydrogens (tertiary/aromatic N) is 2. The van der Waals surface area contributed by atoms with Crippen molar-refractivity contribution in [1.82, 2.24) is 4.40 Å². The van der Waals surface area contributed by atoms with Gasteiger partial charge in [-0.15, -0.1) is 0 Å². The van der Waals surface area contributed by atoms with Gasteiger partial charge in [0.05, 0.1) is 21.9 Å². The lowest BCUT2D eigenvalue weighted by Gasteiger charge is -2.25. The number of anilines is 3. The Morgan fingerprint density at radius 3 is 1.98 bits per heavy atom. The molecule has 9 aromatic rings. The summed E-state index contributed by atoms with van der Waals surface area (Å²) in [6.45, 7) is 0. The second-order valence-electron chi connectivity index (χ2n) is 10.3. The van der Waals surface area contributed by atoms with E-state index in [2.05, 4.69) is 118 Å². The van der Waals surface area contributed by atoms with Gasteiger partial charge in [-0.05, 0) is 78.2 Å². The standard InChI is InChI=1S/C36H21ClN2O/c37-22-15-17-24(18-16-22)38(23-7-2-1-3-8-23)25-19-20-30-29(21-25)28-11-4-10-27-26-9-5-13-32-34(26)35-31(39(30)36(27)28)12-6-14-33(35)40-32/h1-21H. The molecule has 9 rings (SSSR count). The molecule has 0 radical (unpaired) electrons. The van der Waals surface area contributed by atoms with Crippen LogP contribution in [-0.2, 0) is 0 Å². The van der Waals surface area contributed by atoms with Crippen LogP contribution >= 0.6 is 11.6 Å². The minimum Gasteiger partial charge on any atom is -0.456 e. The molecule has 4 heteroatoms. The van der Waals surface area contributed by atoms with Crippen molar-refractivity contribution in [1.29, 1.82) is 0 Å². The number of para-hydroxylation sites is 2. The van der Waals surface area contributed by atoms with E-state index in [1.807, 2.05) is 18.2 Å². The summed E-state index contributed by atoms with van der Waals surface area (Å²) >= 11 is 6.27. The summed E-state index contributed by atoms with van der Waals surface area (Å²) in [5.41, 5.74) is 8.63. The highest BCUT2D eigenvalue weighted by molar-refractivity contribution is 6.31. The maximum absolute atomic E-state index is 6.34. The van der Waals surface area contributed by atoms with Gasteiger partial charge in [0.1, 0.15) is 11.2 Å². The van der Waals surface area contributed by atoms with Crippen molar-refractivity contribution in [2.24, 2.45) is 0 Å². The van der Waals surface area contributed by atoms with Crippen LogP contribution in [0.1, 0.15) is 0 Å². The number of benzene rings is 6. The molecule has 0 aliphatic rings. The van der Waals surface area contributed by atoms with Crippen LogP contribution in [0.2, 0.25) is 5.02 Å². The van der Waals surface area contributed by atoms with E-state index < -0.39 is 0 Å². The van der Waals surface area contributed by atoms with Crippen LogP contribution in [0.3, 0.4) is 0 Å². The number of aromatic nitrogens is 1. The van der Waals surface area contributed by atoms with Crippen molar-refractivity contribution in [2.45, 2.75) is 0 Å². The summed E-state index contributed by atoms with van der Waals surface area (Å²) in [7, 11) is 0. The van der Waals surface area contributed by atoms with Crippen molar-refractivity contribution in [2.75, 3.05) is 4.90 Å². The molecule has 0 N–H and O–H groups in total. The fraction of sp³-hybridized carbons (Fsp3) is 0. The van der Waals surface area contributed by atoms with E-state index in [1.165, 1.54) is 43.4 Å². The Hall–Kier alpha value is -4.99. The first kappa shape index (κ1) is 21.9. The van der Waals surface area contributed by atoms with Gasteiger partial charge >= 0.3 is 0 Å². The highest BCUT2D eigenvalue weighted by Gasteiger charge is 2.21. The van der Waals surface area contributed by atoms with E-state index in [9.17, 15) is 0 Å². The monoisotopic (exact) mass is 532 g/mol. The first-order chi connectivity index (χ1) is 19.8. The third-order valence-electron chi connectivity index (χ3n) is 8.16. The predicted molar refractivity (Wildman–Crippen MR) is 168 cm³/mol. The normalized spacial score (nSPS) is 12.1. The van der Waals surface area contributed by atoms with Gasteiger partial charge in [-0.25, -0.2) is 0 Å². The van der Waals surface area contributed by atoms with Gasteiger partial charge in [0.2, 0.25) is 0 Å². The summed E-state index contributed by atoms with van der Waals surface area (Å²) in [4.78, 5) is 2.28. The van der Waals surface area contributed by atoms with E-state index in [4.69, 9.17) is 16.0 Å².